The summed E-state index contributed by atoms with van der Waals surface area (Å²) < 4.78 is 5.09. The summed E-state index contributed by atoms with van der Waals surface area (Å²) in [7, 11) is 0. The number of para-hydroxylation sites is 1. The quantitative estimate of drug-likeness (QED) is 0.369. The first-order valence-corrected chi connectivity index (χ1v) is 10.8. The number of aromatic amines is 1. The SMILES string of the molecule is Cc1noc(CCCC(=O)NCC(c2ccc(Cl)cc2Cl)c2c[nH]c3ccccc23)n1. The number of H-pyrrole nitrogens is 1. The van der Waals surface area contributed by atoms with E-state index >= 15 is 0 Å². The standard InChI is InChI=1S/C23H22Cl2N4O2/c1-14-28-23(31-29-14)8-4-7-22(30)27-13-18(16-10-9-15(24)11-20(16)25)19-12-26-21-6-3-2-5-17(19)21/h2-3,5-6,9-12,18,26H,4,7-8,13H2,1H3,(H,27,30). The van der Waals surface area contributed by atoms with Crippen LogP contribution in [0.1, 0.15) is 41.6 Å². The van der Waals surface area contributed by atoms with Gasteiger partial charge in [0.1, 0.15) is 0 Å². The van der Waals surface area contributed by atoms with E-state index in [1.807, 2.05) is 36.5 Å². The molecule has 1 amide bonds. The minimum absolute atomic E-state index is 0.0360. The number of halogens is 2. The number of aromatic nitrogens is 3. The largest absolute Gasteiger partial charge is 0.361 e. The van der Waals surface area contributed by atoms with Gasteiger partial charge in [0, 0.05) is 52.4 Å². The summed E-state index contributed by atoms with van der Waals surface area (Å²) >= 11 is 12.6. The van der Waals surface area contributed by atoms with E-state index in [2.05, 4.69) is 26.5 Å². The van der Waals surface area contributed by atoms with Crippen molar-refractivity contribution in [2.45, 2.75) is 32.1 Å². The van der Waals surface area contributed by atoms with Crippen LogP contribution in [0.5, 0.6) is 0 Å². The molecule has 0 aliphatic rings. The van der Waals surface area contributed by atoms with E-state index < -0.39 is 0 Å². The van der Waals surface area contributed by atoms with Crippen molar-refractivity contribution in [3.63, 3.8) is 0 Å². The van der Waals surface area contributed by atoms with Crippen molar-refractivity contribution < 1.29 is 9.32 Å². The Labute approximate surface area is 189 Å². The molecular formula is C23H22Cl2N4O2. The Bertz CT molecular complexity index is 1200. The third kappa shape index (κ3) is 5.09. The molecule has 8 heteroatoms. The van der Waals surface area contributed by atoms with Crippen molar-refractivity contribution in [2.24, 2.45) is 0 Å². The second kappa shape index (κ2) is 9.54. The Hall–Kier alpha value is -2.83. The van der Waals surface area contributed by atoms with Crippen molar-refractivity contribution in [2.75, 3.05) is 6.54 Å². The Balaban J connectivity index is 1.49. The van der Waals surface area contributed by atoms with Crippen molar-refractivity contribution in [3.05, 3.63) is 81.5 Å². The lowest BCUT2D eigenvalue weighted by atomic mass is 9.90. The number of amides is 1. The van der Waals surface area contributed by atoms with E-state index in [-0.39, 0.29) is 11.8 Å². The molecule has 4 rings (SSSR count). The zero-order chi connectivity index (χ0) is 21.8. The van der Waals surface area contributed by atoms with Crippen LogP contribution in [0.4, 0.5) is 0 Å². The zero-order valence-electron chi connectivity index (χ0n) is 17.0. The lowest BCUT2D eigenvalue weighted by Crippen LogP contribution is -2.28. The van der Waals surface area contributed by atoms with Crippen molar-refractivity contribution >= 4 is 40.0 Å². The average Bonchev–Trinajstić information content (AvgIpc) is 3.36. The lowest BCUT2D eigenvalue weighted by Gasteiger charge is -2.19. The van der Waals surface area contributed by atoms with Crippen LogP contribution in [0.2, 0.25) is 10.0 Å². The van der Waals surface area contributed by atoms with Gasteiger partial charge in [0.05, 0.1) is 0 Å². The number of nitrogens with zero attached hydrogens (tertiary/aromatic N) is 2. The number of carbonyl (C=O) groups is 1. The van der Waals surface area contributed by atoms with E-state index in [0.29, 0.717) is 47.6 Å². The molecule has 1 unspecified atom stereocenters. The number of hydrogen-bond acceptors (Lipinski definition) is 4. The molecule has 2 N–H and O–H groups in total. The molecule has 31 heavy (non-hydrogen) atoms. The zero-order valence-corrected chi connectivity index (χ0v) is 18.5. The topological polar surface area (TPSA) is 83.8 Å². The first kappa shape index (κ1) is 21.4. The maximum absolute atomic E-state index is 12.5. The van der Waals surface area contributed by atoms with Crippen LogP contribution in [-0.4, -0.2) is 27.6 Å². The van der Waals surface area contributed by atoms with Gasteiger partial charge >= 0.3 is 0 Å². The van der Waals surface area contributed by atoms with Crippen LogP contribution >= 0.6 is 23.2 Å². The summed E-state index contributed by atoms with van der Waals surface area (Å²) in [6, 6.07) is 13.5. The van der Waals surface area contributed by atoms with Crippen molar-refractivity contribution in [1.29, 1.82) is 0 Å². The fourth-order valence-corrected chi connectivity index (χ4v) is 4.24. The summed E-state index contributed by atoms with van der Waals surface area (Å²) in [4.78, 5) is 20.0. The Morgan fingerprint density at radius 1 is 1.19 bits per heavy atom. The molecule has 0 radical (unpaired) electrons. The molecule has 0 saturated carbocycles. The van der Waals surface area contributed by atoms with Crippen LogP contribution in [-0.2, 0) is 11.2 Å². The number of rotatable bonds is 8. The number of fused-ring (bicyclic) bond motifs is 1. The van der Waals surface area contributed by atoms with Gasteiger partial charge < -0.3 is 14.8 Å². The predicted molar refractivity (Wildman–Crippen MR) is 122 cm³/mol. The number of hydrogen-bond donors (Lipinski definition) is 2. The fourth-order valence-electron chi connectivity index (χ4n) is 3.70. The lowest BCUT2D eigenvalue weighted by molar-refractivity contribution is -0.121. The van der Waals surface area contributed by atoms with Crippen LogP contribution in [0.15, 0.2) is 53.2 Å². The van der Waals surface area contributed by atoms with Gasteiger partial charge in [0.2, 0.25) is 11.8 Å². The molecule has 0 spiro atoms. The third-order valence-corrected chi connectivity index (χ3v) is 5.76. The van der Waals surface area contributed by atoms with E-state index in [4.69, 9.17) is 27.7 Å². The van der Waals surface area contributed by atoms with Crippen LogP contribution in [0.25, 0.3) is 10.9 Å². The van der Waals surface area contributed by atoms with Gasteiger partial charge in [0.25, 0.3) is 0 Å². The first-order valence-electron chi connectivity index (χ1n) is 10.1. The minimum Gasteiger partial charge on any atom is -0.361 e. The minimum atomic E-state index is -0.122. The normalized spacial score (nSPS) is 12.2. The molecule has 1 atom stereocenters. The monoisotopic (exact) mass is 456 g/mol. The summed E-state index contributed by atoms with van der Waals surface area (Å²) in [5.41, 5.74) is 3.02. The van der Waals surface area contributed by atoms with Gasteiger partial charge in [-0.3, -0.25) is 4.79 Å². The maximum atomic E-state index is 12.5. The Kier molecular flexibility index (Phi) is 6.59. The summed E-state index contributed by atoms with van der Waals surface area (Å²) in [5.74, 6) is 0.991. The van der Waals surface area contributed by atoms with Crippen LogP contribution in [0, 0.1) is 6.92 Å². The number of nitrogens with one attached hydrogen (secondary N) is 2. The summed E-state index contributed by atoms with van der Waals surface area (Å²) in [5, 5.41) is 9.07. The molecule has 6 nitrogen and oxygen atoms in total. The number of benzene rings is 2. The highest BCUT2D eigenvalue weighted by Crippen LogP contribution is 2.35. The molecule has 2 heterocycles. The molecule has 2 aromatic heterocycles. The second-order valence-corrected chi connectivity index (χ2v) is 8.24. The Morgan fingerprint density at radius 2 is 2.03 bits per heavy atom. The average molecular weight is 457 g/mol. The van der Waals surface area contributed by atoms with Gasteiger partial charge in [0.15, 0.2) is 5.82 Å². The second-order valence-electron chi connectivity index (χ2n) is 7.40. The molecule has 2 aromatic carbocycles. The van der Waals surface area contributed by atoms with Crippen molar-refractivity contribution in [1.82, 2.24) is 20.4 Å². The molecule has 0 fully saturated rings. The number of carbonyl (C=O) groups excluding carboxylic acids is 1. The van der Waals surface area contributed by atoms with Gasteiger partial charge in [-0.25, -0.2) is 0 Å². The van der Waals surface area contributed by atoms with Crippen LogP contribution in [0.3, 0.4) is 0 Å². The first-order chi connectivity index (χ1) is 15.0. The van der Waals surface area contributed by atoms with E-state index in [1.165, 1.54) is 0 Å². The van der Waals surface area contributed by atoms with Crippen LogP contribution < -0.4 is 5.32 Å². The fraction of sp³-hybridized carbons (Fsp3) is 0.261. The van der Waals surface area contributed by atoms with E-state index in [1.54, 1.807) is 13.0 Å². The van der Waals surface area contributed by atoms with Gasteiger partial charge in [-0.2, -0.15) is 4.98 Å². The molecular weight excluding hydrogens is 435 g/mol. The molecule has 0 bridgehead atoms. The molecule has 4 aromatic rings. The summed E-state index contributed by atoms with van der Waals surface area (Å²) in [6.45, 7) is 2.19. The molecule has 0 aliphatic heterocycles. The predicted octanol–water partition coefficient (Wildman–Crippen LogP) is 5.44. The summed E-state index contributed by atoms with van der Waals surface area (Å²) in [6.07, 6.45) is 3.55. The van der Waals surface area contributed by atoms with Gasteiger partial charge in [-0.1, -0.05) is 52.6 Å². The molecule has 0 saturated heterocycles. The highest BCUT2D eigenvalue weighted by Gasteiger charge is 2.21. The van der Waals surface area contributed by atoms with E-state index in [0.717, 1.165) is 22.0 Å². The maximum Gasteiger partial charge on any atom is 0.226 e. The Morgan fingerprint density at radius 3 is 2.81 bits per heavy atom. The smallest absolute Gasteiger partial charge is 0.226 e. The number of aryl methyl sites for hydroxylation is 2. The third-order valence-electron chi connectivity index (χ3n) is 5.20. The van der Waals surface area contributed by atoms with E-state index in [9.17, 15) is 4.79 Å². The van der Waals surface area contributed by atoms with Gasteiger partial charge in [-0.05, 0) is 42.7 Å². The highest BCUT2D eigenvalue weighted by atomic mass is 35.5. The highest BCUT2D eigenvalue weighted by molar-refractivity contribution is 6.35. The molecule has 160 valence electrons. The molecule has 0 aliphatic carbocycles. The van der Waals surface area contributed by atoms with Crippen molar-refractivity contribution in [3.8, 4) is 0 Å². The van der Waals surface area contributed by atoms with Gasteiger partial charge in [-0.15, -0.1) is 0 Å².